The van der Waals surface area contributed by atoms with Crippen LogP contribution in [0.4, 0.5) is 11.4 Å². The molecule has 1 aromatic rings. The molecule has 0 aliphatic carbocycles. The molecule has 0 bridgehead atoms. The van der Waals surface area contributed by atoms with Crippen molar-refractivity contribution < 1.29 is 14.8 Å². The topological polar surface area (TPSA) is 83.7 Å². The predicted octanol–water partition coefficient (Wildman–Crippen LogP) is 3.33. The van der Waals surface area contributed by atoms with Gasteiger partial charge in [0, 0.05) is 19.5 Å². The number of aliphatic carboxylic acids is 1. The number of hydrogen-bond acceptors (Lipinski definition) is 4. The van der Waals surface area contributed by atoms with E-state index < -0.39 is 10.9 Å². The number of nitrogens with zero attached hydrogens (tertiary/aromatic N) is 2. The average molecular weight is 313 g/mol. The lowest BCUT2D eigenvalue weighted by molar-refractivity contribution is -0.384. The molecule has 1 aromatic carbocycles. The van der Waals surface area contributed by atoms with Crippen LogP contribution in [-0.2, 0) is 4.79 Å². The Morgan fingerprint density at radius 3 is 2.95 bits per heavy atom. The monoisotopic (exact) mass is 312 g/mol. The van der Waals surface area contributed by atoms with Crippen molar-refractivity contribution >= 4 is 28.9 Å². The first kappa shape index (κ1) is 15.6. The molecule has 2 rings (SSSR count). The number of carboxylic acid groups (broad SMARTS) is 1. The van der Waals surface area contributed by atoms with Crippen molar-refractivity contribution in [3.05, 3.63) is 33.3 Å². The summed E-state index contributed by atoms with van der Waals surface area (Å²) < 4.78 is 0. The molecule has 0 spiro atoms. The van der Waals surface area contributed by atoms with Crippen molar-refractivity contribution in [1.29, 1.82) is 0 Å². The fraction of sp³-hybridized carbons (Fsp3) is 0.500. The smallest absolute Gasteiger partial charge is 0.310 e. The van der Waals surface area contributed by atoms with E-state index in [0.29, 0.717) is 18.7 Å². The van der Waals surface area contributed by atoms with E-state index in [9.17, 15) is 14.9 Å². The zero-order valence-electron chi connectivity index (χ0n) is 11.5. The molecule has 1 atom stereocenters. The summed E-state index contributed by atoms with van der Waals surface area (Å²) in [6, 6.07) is 4.91. The lowest BCUT2D eigenvalue weighted by Crippen LogP contribution is -2.36. The van der Waals surface area contributed by atoms with Crippen LogP contribution in [0, 0.1) is 16.0 Å². The summed E-state index contributed by atoms with van der Waals surface area (Å²) in [7, 11) is 0. The third kappa shape index (κ3) is 3.85. The second-order valence-corrected chi connectivity index (χ2v) is 5.66. The van der Waals surface area contributed by atoms with Crippen molar-refractivity contribution in [2.45, 2.75) is 25.7 Å². The van der Waals surface area contributed by atoms with Crippen LogP contribution in [0.25, 0.3) is 0 Å². The first-order valence-corrected chi connectivity index (χ1v) is 7.26. The summed E-state index contributed by atoms with van der Waals surface area (Å²) in [4.78, 5) is 23.3. The molecule has 1 aliphatic heterocycles. The first-order chi connectivity index (χ1) is 9.99. The fourth-order valence-electron chi connectivity index (χ4n) is 2.79. The number of para-hydroxylation sites is 1. The number of carbonyl (C=O) groups is 1. The van der Waals surface area contributed by atoms with E-state index in [1.165, 1.54) is 6.07 Å². The Morgan fingerprint density at radius 1 is 1.52 bits per heavy atom. The van der Waals surface area contributed by atoms with Gasteiger partial charge in [0.1, 0.15) is 10.7 Å². The van der Waals surface area contributed by atoms with Gasteiger partial charge in [-0.15, -0.1) is 0 Å². The van der Waals surface area contributed by atoms with Crippen LogP contribution in [0.1, 0.15) is 25.7 Å². The maximum absolute atomic E-state index is 11.2. The molecule has 1 fully saturated rings. The number of rotatable bonds is 5. The Hall–Kier alpha value is -1.82. The van der Waals surface area contributed by atoms with Gasteiger partial charge < -0.3 is 10.0 Å². The standard InChI is InChI=1S/C14H17ClN2O4/c15-11-4-1-5-12(14(11)17(20)21)16-8-2-3-10(9-16)6-7-13(18)19/h1,4-5,10H,2-3,6-9H2,(H,18,19). The third-order valence-electron chi connectivity index (χ3n) is 3.77. The van der Waals surface area contributed by atoms with E-state index in [4.69, 9.17) is 16.7 Å². The van der Waals surface area contributed by atoms with Crippen LogP contribution in [0.3, 0.4) is 0 Å². The number of halogens is 1. The van der Waals surface area contributed by atoms with Crippen molar-refractivity contribution in [3.63, 3.8) is 0 Å². The average Bonchev–Trinajstić information content (AvgIpc) is 2.44. The van der Waals surface area contributed by atoms with Gasteiger partial charge in [-0.05, 0) is 37.3 Å². The molecular formula is C14H17ClN2O4. The Bertz CT molecular complexity index is 550. The van der Waals surface area contributed by atoms with Crippen molar-refractivity contribution in [2.24, 2.45) is 5.92 Å². The molecule has 114 valence electrons. The summed E-state index contributed by atoms with van der Waals surface area (Å²) >= 11 is 5.94. The lowest BCUT2D eigenvalue weighted by Gasteiger charge is -2.34. The quantitative estimate of drug-likeness (QED) is 0.666. The predicted molar refractivity (Wildman–Crippen MR) is 79.9 cm³/mol. The van der Waals surface area contributed by atoms with Crippen LogP contribution in [0.5, 0.6) is 0 Å². The van der Waals surface area contributed by atoms with E-state index >= 15 is 0 Å². The van der Waals surface area contributed by atoms with Crippen molar-refractivity contribution in [2.75, 3.05) is 18.0 Å². The minimum atomic E-state index is -0.805. The molecule has 1 aliphatic rings. The molecule has 21 heavy (non-hydrogen) atoms. The molecular weight excluding hydrogens is 296 g/mol. The van der Waals surface area contributed by atoms with E-state index in [2.05, 4.69) is 0 Å². The SMILES string of the molecule is O=C(O)CCC1CCCN(c2cccc(Cl)c2[N+](=O)[O-])C1. The second kappa shape index (κ2) is 6.76. The number of anilines is 1. The van der Waals surface area contributed by atoms with Gasteiger partial charge in [-0.1, -0.05) is 17.7 Å². The van der Waals surface area contributed by atoms with Crippen LogP contribution in [-0.4, -0.2) is 29.1 Å². The van der Waals surface area contributed by atoms with Gasteiger partial charge in [-0.25, -0.2) is 0 Å². The zero-order chi connectivity index (χ0) is 15.4. The van der Waals surface area contributed by atoms with E-state index in [1.807, 2.05) is 4.90 Å². The fourth-order valence-corrected chi connectivity index (χ4v) is 3.03. The molecule has 0 aromatic heterocycles. The van der Waals surface area contributed by atoms with Gasteiger partial charge in [0.25, 0.3) is 0 Å². The van der Waals surface area contributed by atoms with Gasteiger partial charge in [0.05, 0.1) is 4.92 Å². The minimum absolute atomic E-state index is 0.0712. The Balaban J connectivity index is 2.16. The van der Waals surface area contributed by atoms with Crippen LogP contribution in [0.15, 0.2) is 18.2 Å². The van der Waals surface area contributed by atoms with E-state index in [0.717, 1.165) is 19.4 Å². The molecule has 1 saturated heterocycles. The Labute approximate surface area is 127 Å². The van der Waals surface area contributed by atoms with E-state index in [-0.39, 0.29) is 23.0 Å². The van der Waals surface area contributed by atoms with Crippen molar-refractivity contribution in [3.8, 4) is 0 Å². The maximum Gasteiger partial charge on any atom is 0.310 e. The molecule has 7 heteroatoms. The normalized spacial score (nSPS) is 18.5. The summed E-state index contributed by atoms with van der Waals surface area (Å²) in [5.74, 6) is -0.561. The summed E-state index contributed by atoms with van der Waals surface area (Å²) in [6.45, 7) is 1.36. The minimum Gasteiger partial charge on any atom is -0.481 e. The summed E-state index contributed by atoms with van der Waals surface area (Å²) in [6.07, 6.45) is 2.59. The number of piperidine rings is 1. The maximum atomic E-state index is 11.2. The molecule has 1 unspecified atom stereocenters. The third-order valence-corrected chi connectivity index (χ3v) is 4.08. The number of hydrogen-bond donors (Lipinski definition) is 1. The van der Waals surface area contributed by atoms with Gasteiger partial charge in [0.2, 0.25) is 0 Å². The highest BCUT2D eigenvalue weighted by Crippen LogP contribution is 2.37. The van der Waals surface area contributed by atoms with E-state index in [1.54, 1.807) is 12.1 Å². The van der Waals surface area contributed by atoms with Crippen LogP contribution < -0.4 is 4.90 Å². The number of carboxylic acids is 1. The molecule has 0 saturated carbocycles. The van der Waals surface area contributed by atoms with Crippen LogP contribution >= 0.6 is 11.6 Å². The molecule has 0 amide bonds. The second-order valence-electron chi connectivity index (χ2n) is 5.25. The van der Waals surface area contributed by atoms with Gasteiger partial charge in [-0.3, -0.25) is 14.9 Å². The number of nitro benzene ring substituents is 1. The van der Waals surface area contributed by atoms with Crippen LogP contribution in [0.2, 0.25) is 5.02 Å². The van der Waals surface area contributed by atoms with Gasteiger partial charge in [-0.2, -0.15) is 0 Å². The first-order valence-electron chi connectivity index (χ1n) is 6.88. The number of nitro groups is 1. The largest absolute Gasteiger partial charge is 0.481 e. The Kier molecular flexibility index (Phi) is 5.01. The molecule has 1 heterocycles. The highest BCUT2D eigenvalue weighted by atomic mass is 35.5. The van der Waals surface area contributed by atoms with Gasteiger partial charge >= 0.3 is 11.7 Å². The number of benzene rings is 1. The lowest BCUT2D eigenvalue weighted by atomic mass is 9.93. The highest BCUT2D eigenvalue weighted by Gasteiger charge is 2.27. The summed E-state index contributed by atoms with van der Waals surface area (Å²) in [5.41, 5.74) is 0.450. The molecule has 6 nitrogen and oxygen atoms in total. The highest BCUT2D eigenvalue weighted by molar-refractivity contribution is 6.33. The van der Waals surface area contributed by atoms with Gasteiger partial charge in [0.15, 0.2) is 0 Å². The molecule has 1 N–H and O–H groups in total. The van der Waals surface area contributed by atoms with Crippen molar-refractivity contribution in [1.82, 2.24) is 0 Å². The Morgan fingerprint density at radius 2 is 2.29 bits per heavy atom. The summed E-state index contributed by atoms with van der Waals surface area (Å²) in [5, 5.41) is 20.1. The molecule has 0 radical (unpaired) electrons. The zero-order valence-corrected chi connectivity index (χ0v) is 12.3.